The molecule has 1 aromatic heterocycles. The van der Waals surface area contributed by atoms with E-state index in [-0.39, 0.29) is 5.96 Å². The van der Waals surface area contributed by atoms with Crippen LogP contribution in [0.3, 0.4) is 0 Å². The number of aromatic nitrogens is 1. The lowest BCUT2D eigenvalue weighted by atomic mass is 10.3. The Bertz CT molecular complexity index is 575. The lowest BCUT2D eigenvalue weighted by Crippen LogP contribution is -2.27. The molecule has 19 heavy (non-hydrogen) atoms. The Hall–Kier alpha value is -2.69. The molecular formula is C14H15N5. The Labute approximate surface area is 111 Å². The lowest BCUT2D eigenvalue weighted by molar-refractivity contribution is 0.999. The summed E-state index contributed by atoms with van der Waals surface area (Å²) in [4.78, 5) is 8.37. The number of hydrogen-bond acceptors (Lipinski definition) is 3. The van der Waals surface area contributed by atoms with Crippen LogP contribution in [0.25, 0.3) is 0 Å². The SMILES string of the molecule is C/C(=N\NC(N)=Nc1ccccc1)c1ccccn1. The van der Waals surface area contributed by atoms with Crippen LogP contribution in [-0.2, 0) is 0 Å². The van der Waals surface area contributed by atoms with Crippen LogP contribution >= 0.6 is 0 Å². The third kappa shape index (κ3) is 3.92. The molecule has 0 fully saturated rings. The summed E-state index contributed by atoms with van der Waals surface area (Å²) in [6, 6.07) is 15.1. The highest BCUT2D eigenvalue weighted by Crippen LogP contribution is 2.08. The van der Waals surface area contributed by atoms with Gasteiger partial charge in [-0.15, -0.1) is 0 Å². The normalized spacial score (nSPS) is 12.3. The van der Waals surface area contributed by atoms with E-state index in [1.54, 1.807) is 6.20 Å². The van der Waals surface area contributed by atoms with Gasteiger partial charge in [-0.25, -0.2) is 10.4 Å². The van der Waals surface area contributed by atoms with Gasteiger partial charge in [0.2, 0.25) is 5.96 Å². The predicted molar refractivity (Wildman–Crippen MR) is 77.3 cm³/mol. The Morgan fingerprint density at radius 3 is 2.53 bits per heavy atom. The maximum Gasteiger partial charge on any atom is 0.214 e. The number of hydrazone groups is 1. The predicted octanol–water partition coefficient (Wildman–Crippen LogP) is 2.04. The molecule has 0 spiro atoms. The molecule has 1 aromatic carbocycles. The average molecular weight is 253 g/mol. The first-order valence-electron chi connectivity index (χ1n) is 5.86. The zero-order valence-corrected chi connectivity index (χ0v) is 10.6. The van der Waals surface area contributed by atoms with Crippen LogP contribution < -0.4 is 11.2 Å². The van der Waals surface area contributed by atoms with Crippen LogP contribution in [0, 0.1) is 0 Å². The fourth-order valence-electron chi connectivity index (χ4n) is 1.44. The highest BCUT2D eigenvalue weighted by Gasteiger charge is 1.97. The molecule has 1 heterocycles. The first kappa shape index (κ1) is 12.8. The fraction of sp³-hybridized carbons (Fsp3) is 0.0714. The summed E-state index contributed by atoms with van der Waals surface area (Å²) in [5.74, 6) is 0.237. The molecule has 0 radical (unpaired) electrons. The monoisotopic (exact) mass is 253 g/mol. The topological polar surface area (TPSA) is 75.7 Å². The Balaban J connectivity index is 2.04. The molecule has 0 aliphatic rings. The number of nitrogens with two attached hydrogens (primary N) is 1. The van der Waals surface area contributed by atoms with Crippen LogP contribution in [0.2, 0.25) is 0 Å². The van der Waals surface area contributed by atoms with E-state index < -0.39 is 0 Å². The van der Waals surface area contributed by atoms with Gasteiger partial charge in [0.25, 0.3) is 0 Å². The second-order valence-corrected chi connectivity index (χ2v) is 3.86. The molecule has 2 aromatic rings. The number of benzene rings is 1. The van der Waals surface area contributed by atoms with Crippen molar-refractivity contribution < 1.29 is 0 Å². The highest BCUT2D eigenvalue weighted by atomic mass is 15.4. The van der Waals surface area contributed by atoms with Gasteiger partial charge in [-0.1, -0.05) is 24.3 Å². The maximum absolute atomic E-state index is 5.74. The minimum atomic E-state index is 0.237. The minimum absolute atomic E-state index is 0.237. The number of nitrogens with zero attached hydrogens (tertiary/aromatic N) is 3. The van der Waals surface area contributed by atoms with Crippen molar-refractivity contribution in [1.29, 1.82) is 0 Å². The average Bonchev–Trinajstić information content (AvgIpc) is 2.47. The van der Waals surface area contributed by atoms with Crippen LogP contribution in [0.4, 0.5) is 5.69 Å². The lowest BCUT2D eigenvalue weighted by Gasteiger charge is -2.02. The third-order valence-electron chi connectivity index (χ3n) is 2.38. The molecule has 0 atom stereocenters. The summed E-state index contributed by atoms with van der Waals surface area (Å²) in [6.07, 6.45) is 1.72. The summed E-state index contributed by atoms with van der Waals surface area (Å²) < 4.78 is 0. The maximum atomic E-state index is 5.74. The number of pyridine rings is 1. The minimum Gasteiger partial charge on any atom is -0.368 e. The van der Waals surface area contributed by atoms with Crippen molar-refractivity contribution >= 4 is 17.4 Å². The standard InChI is InChI=1S/C14H15N5/c1-11(13-9-5-6-10-16-13)18-19-14(15)17-12-7-3-2-4-8-12/h2-10H,1H3,(H3,15,17,19)/b18-11+. The van der Waals surface area contributed by atoms with Gasteiger partial charge >= 0.3 is 0 Å². The van der Waals surface area contributed by atoms with Gasteiger partial charge in [-0.3, -0.25) is 4.98 Å². The van der Waals surface area contributed by atoms with Crippen molar-refractivity contribution in [2.24, 2.45) is 15.8 Å². The quantitative estimate of drug-likeness (QED) is 0.499. The van der Waals surface area contributed by atoms with Crippen molar-refractivity contribution in [3.05, 3.63) is 60.4 Å². The van der Waals surface area contributed by atoms with Gasteiger partial charge in [-0.2, -0.15) is 5.10 Å². The van der Waals surface area contributed by atoms with E-state index in [0.29, 0.717) is 0 Å². The molecule has 0 bridgehead atoms. The van der Waals surface area contributed by atoms with Gasteiger partial charge in [0.15, 0.2) is 0 Å². The summed E-state index contributed by atoms with van der Waals surface area (Å²) in [6.45, 7) is 1.85. The van der Waals surface area contributed by atoms with Crippen LogP contribution in [0.15, 0.2) is 64.8 Å². The number of hydrogen-bond donors (Lipinski definition) is 2. The van der Waals surface area contributed by atoms with E-state index in [0.717, 1.165) is 17.1 Å². The number of rotatable bonds is 3. The molecule has 2 rings (SSSR count). The van der Waals surface area contributed by atoms with Crippen molar-refractivity contribution in [2.45, 2.75) is 6.92 Å². The Kier molecular flexibility index (Phi) is 4.23. The van der Waals surface area contributed by atoms with E-state index in [1.165, 1.54) is 0 Å². The Morgan fingerprint density at radius 1 is 1.11 bits per heavy atom. The van der Waals surface area contributed by atoms with E-state index in [2.05, 4.69) is 20.5 Å². The second kappa shape index (κ2) is 6.30. The van der Waals surface area contributed by atoms with E-state index in [9.17, 15) is 0 Å². The number of aliphatic imine (C=N–C) groups is 1. The molecule has 0 amide bonds. The van der Waals surface area contributed by atoms with Gasteiger partial charge in [0, 0.05) is 6.20 Å². The number of para-hydroxylation sites is 1. The first-order valence-corrected chi connectivity index (χ1v) is 5.86. The Morgan fingerprint density at radius 2 is 1.84 bits per heavy atom. The number of guanidine groups is 1. The highest BCUT2D eigenvalue weighted by molar-refractivity contribution is 5.97. The molecule has 0 aliphatic heterocycles. The summed E-state index contributed by atoms with van der Waals surface area (Å²) in [7, 11) is 0. The van der Waals surface area contributed by atoms with Crippen molar-refractivity contribution in [3.63, 3.8) is 0 Å². The molecule has 5 nitrogen and oxygen atoms in total. The van der Waals surface area contributed by atoms with Gasteiger partial charge in [0.05, 0.1) is 17.1 Å². The summed E-state index contributed by atoms with van der Waals surface area (Å²) >= 11 is 0. The van der Waals surface area contributed by atoms with Gasteiger partial charge < -0.3 is 5.73 Å². The van der Waals surface area contributed by atoms with Gasteiger partial charge in [0.1, 0.15) is 0 Å². The third-order valence-corrected chi connectivity index (χ3v) is 2.38. The van der Waals surface area contributed by atoms with Crippen molar-refractivity contribution in [1.82, 2.24) is 10.4 Å². The molecule has 5 heteroatoms. The van der Waals surface area contributed by atoms with Crippen LogP contribution in [0.5, 0.6) is 0 Å². The smallest absolute Gasteiger partial charge is 0.214 e. The number of nitrogens with one attached hydrogen (secondary N) is 1. The largest absolute Gasteiger partial charge is 0.368 e. The second-order valence-electron chi connectivity index (χ2n) is 3.86. The van der Waals surface area contributed by atoms with Crippen LogP contribution in [0.1, 0.15) is 12.6 Å². The van der Waals surface area contributed by atoms with Crippen LogP contribution in [-0.4, -0.2) is 16.7 Å². The van der Waals surface area contributed by atoms with Crippen molar-refractivity contribution in [2.75, 3.05) is 0 Å². The first-order chi connectivity index (χ1) is 9.25. The molecule has 3 N–H and O–H groups in total. The zero-order valence-electron chi connectivity index (χ0n) is 10.6. The fourth-order valence-corrected chi connectivity index (χ4v) is 1.44. The van der Waals surface area contributed by atoms with E-state index in [4.69, 9.17) is 5.73 Å². The zero-order chi connectivity index (χ0) is 13.5. The summed E-state index contributed by atoms with van der Waals surface area (Å²) in [5.41, 5.74) is 10.8. The van der Waals surface area contributed by atoms with Crippen molar-refractivity contribution in [3.8, 4) is 0 Å². The molecule has 0 saturated carbocycles. The molecule has 96 valence electrons. The molecule has 0 aliphatic carbocycles. The van der Waals surface area contributed by atoms with E-state index in [1.807, 2.05) is 55.5 Å². The molecular weight excluding hydrogens is 238 g/mol. The molecule has 0 saturated heterocycles. The summed E-state index contributed by atoms with van der Waals surface area (Å²) in [5, 5.41) is 4.14. The molecule has 0 unspecified atom stereocenters. The van der Waals surface area contributed by atoms with Gasteiger partial charge in [-0.05, 0) is 31.2 Å². The van der Waals surface area contributed by atoms with E-state index >= 15 is 0 Å².